The van der Waals surface area contributed by atoms with Gasteiger partial charge in [-0.05, 0) is 44.3 Å². The first-order valence-corrected chi connectivity index (χ1v) is 10.5. The van der Waals surface area contributed by atoms with Crippen molar-refractivity contribution in [1.82, 2.24) is 0 Å². The molecule has 2 nitrogen and oxygen atoms in total. The molecule has 3 atom stereocenters. The lowest BCUT2D eigenvalue weighted by molar-refractivity contribution is 0.118. The van der Waals surface area contributed by atoms with Gasteiger partial charge in [-0.2, -0.15) is 5.26 Å². The molecule has 0 saturated heterocycles. The van der Waals surface area contributed by atoms with Crippen LogP contribution in [0.3, 0.4) is 0 Å². The van der Waals surface area contributed by atoms with E-state index in [0.29, 0.717) is 0 Å². The molecule has 0 aromatic heterocycles. The molecule has 0 N–H and O–H groups in total. The highest BCUT2D eigenvalue weighted by Gasteiger charge is 2.48. The number of hydrogen-bond acceptors (Lipinski definition) is 2. The predicted molar refractivity (Wildman–Crippen MR) is 72.1 cm³/mol. The van der Waals surface area contributed by atoms with Gasteiger partial charge in [-0.1, -0.05) is 32.1 Å². The summed E-state index contributed by atoms with van der Waals surface area (Å²) < 4.78 is 6.25. The fraction of sp³-hybridized carbons (Fsp3) is 0.929. The van der Waals surface area contributed by atoms with Crippen LogP contribution < -0.4 is 0 Å². The summed E-state index contributed by atoms with van der Waals surface area (Å²) in [7, 11) is -1.61. The molecule has 2 saturated carbocycles. The van der Waals surface area contributed by atoms with Crippen LogP contribution in [-0.2, 0) is 4.43 Å². The summed E-state index contributed by atoms with van der Waals surface area (Å²) in [4.78, 5) is 0. The van der Waals surface area contributed by atoms with Gasteiger partial charge in [-0.25, -0.2) is 0 Å². The quantitative estimate of drug-likeness (QED) is 0.692. The molecule has 96 valence electrons. The molecule has 1 unspecified atom stereocenters. The van der Waals surface area contributed by atoms with Crippen molar-refractivity contribution in [3.63, 3.8) is 0 Å². The Bertz CT molecular complexity index is 301. The van der Waals surface area contributed by atoms with E-state index in [9.17, 15) is 5.26 Å². The van der Waals surface area contributed by atoms with E-state index in [-0.39, 0.29) is 0 Å². The SMILES string of the molecule is C[Si](C)(C)OC1(C#N)C[C@H]2CCCCC[C@H]2C1. The summed E-state index contributed by atoms with van der Waals surface area (Å²) in [5, 5.41) is 9.54. The lowest BCUT2D eigenvalue weighted by Gasteiger charge is -2.30. The third-order valence-electron chi connectivity index (χ3n) is 4.21. The van der Waals surface area contributed by atoms with E-state index in [4.69, 9.17) is 4.43 Å². The molecule has 0 bridgehead atoms. The first-order chi connectivity index (χ1) is 7.94. The van der Waals surface area contributed by atoms with Crippen molar-refractivity contribution in [2.24, 2.45) is 11.8 Å². The number of nitrogens with zero attached hydrogens (tertiary/aromatic N) is 1. The van der Waals surface area contributed by atoms with E-state index >= 15 is 0 Å². The van der Waals surface area contributed by atoms with E-state index in [1.54, 1.807) is 0 Å². The zero-order valence-corrected chi connectivity index (χ0v) is 12.5. The lowest BCUT2D eigenvalue weighted by atomic mass is 9.92. The molecule has 0 aromatic rings. The summed E-state index contributed by atoms with van der Waals surface area (Å²) in [5.74, 6) is 1.52. The molecule has 2 aliphatic rings. The average molecular weight is 251 g/mol. The number of hydrogen-bond donors (Lipinski definition) is 0. The molecular weight excluding hydrogens is 226 g/mol. The van der Waals surface area contributed by atoms with E-state index in [1.807, 2.05) is 0 Å². The van der Waals surface area contributed by atoms with Crippen LogP contribution in [-0.4, -0.2) is 13.9 Å². The third kappa shape index (κ3) is 3.11. The Morgan fingerprint density at radius 1 is 1.06 bits per heavy atom. The smallest absolute Gasteiger partial charge is 0.185 e. The second-order valence-electron chi connectivity index (χ2n) is 6.89. The Hall–Kier alpha value is -0.333. The van der Waals surface area contributed by atoms with Gasteiger partial charge in [-0.3, -0.25) is 0 Å². The molecule has 17 heavy (non-hydrogen) atoms. The van der Waals surface area contributed by atoms with Crippen LogP contribution in [0.5, 0.6) is 0 Å². The number of nitriles is 1. The molecule has 0 aromatic carbocycles. The normalized spacial score (nSPS) is 38.2. The van der Waals surface area contributed by atoms with E-state index < -0.39 is 13.9 Å². The summed E-state index contributed by atoms with van der Waals surface area (Å²) >= 11 is 0. The summed E-state index contributed by atoms with van der Waals surface area (Å²) in [5.41, 5.74) is -0.433. The minimum atomic E-state index is -1.61. The molecule has 2 fully saturated rings. The van der Waals surface area contributed by atoms with Gasteiger partial charge in [0, 0.05) is 0 Å². The Labute approximate surface area is 106 Å². The Kier molecular flexibility index (Phi) is 3.65. The minimum Gasteiger partial charge on any atom is -0.400 e. The molecule has 3 heteroatoms. The van der Waals surface area contributed by atoms with Gasteiger partial charge in [0.15, 0.2) is 8.32 Å². The van der Waals surface area contributed by atoms with Gasteiger partial charge >= 0.3 is 0 Å². The van der Waals surface area contributed by atoms with Crippen LogP contribution in [0.25, 0.3) is 0 Å². The number of rotatable bonds is 2. The van der Waals surface area contributed by atoms with Crippen molar-refractivity contribution in [3.8, 4) is 6.07 Å². The van der Waals surface area contributed by atoms with Gasteiger partial charge < -0.3 is 4.43 Å². The minimum absolute atomic E-state index is 0.433. The largest absolute Gasteiger partial charge is 0.400 e. The van der Waals surface area contributed by atoms with Crippen molar-refractivity contribution in [3.05, 3.63) is 0 Å². The molecular formula is C14H25NOSi. The Balaban J connectivity index is 2.09. The van der Waals surface area contributed by atoms with Crippen molar-refractivity contribution >= 4 is 8.32 Å². The fourth-order valence-electron chi connectivity index (χ4n) is 3.71. The van der Waals surface area contributed by atoms with Crippen LogP contribution in [0.2, 0.25) is 19.6 Å². The summed E-state index contributed by atoms with van der Waals surface area (Å²) in [6.07, 6.45) is 8.75. The highest BCUT2D eigenvalue weighted by Crippen LogP contribution is 2.48. The van der Waals surface area contributed by atoms with Crippen molar-refractivity contribution in [1.29, 1.82) is 5.26 Å². The van der Waals surface area contributed by atoms with Crippen molar-refractivity contribution in [2.45, 2.75) is 70.2 Å². The highest BCUT2D eigenvalue weighted by atomic mass is 28.4. The molecule has 0 heterocycles. The van der Waals surface area contributed by atoms with Gasteiger partial charge in [-0.15, -0.1) is 0 Å². The second-order valence-corrected chi connectivity index (χ2v) is 11.3. The zero-order valence-electron chi connectivity index (χ0n) is 11.5. The Morgan fingerprint density at radius 3 is 2.00 bits per heavy atom. The highest BCUT2D eigenvalue weighted by molar-refractivity contribution is 6.69. The van der Waals surface area contributed by atoms with Crippen LogP contribution >= 0.6 is 0 Å². The standard InChI is InChI=1S/C14H25NOSi/c1-17(2,3)16-14(11-15)9-12-7-5-4-6-8-13(12)10-14/h12-13H,4-10H2,1-3H3/t12-,13+,14?. The molecule has 0 radical (unpaired) electrons. The average Bonchev–Trinajstić information content (AvgIpc) is 2.41. The third-order valence-corrected chi connectivity index (χ3v) is 5.21. The fourth-order valence-corrected chi connectivity index (χ4v) is 5.10. The molecule has 0 aliphatic heterocycles. The van der Waals surface area contributed by atoms with E-state index in [0.717, 1.165) is 24.7 Å². The van der Waals surface area contributed by atoms with Gasteiger partial charge in [0.25, 0.3) is 0 Å². The van der Waals surface area contributed by atoms with Crippen LogP contribution in [0, 0.1) is 23.2 Å². The molecule has 0 spiro atoms. The monoisotopic (exact) mass is 251 g/mol. The predicted octanol–water partition coefficient (Wildman–Crippen LogP) is 4.09. The van der Waals surface area contributed by atoms with E-state index in [1.165, 1.54) is 32.1 Å². The summed E-state index contributed by atoms with van der Waals surface area (Å²) in [6.45, 7) is 6.58. The maximum Gasteiger partial charge on any atom is 0.185 e. The zero-order chi connectivity index (χ0) is 12.5. The van der Waals surface area contributed by atoms with Gasteiger partial charge in [0.2, 0.25) is 0 Å². The number of fused-ring (bicyclic) bond motifs is 1. The van der Waals surface area contributed by atoms with Crippen molar-refractivity contribution < 1.29 is 4.43 Å². The van der Waals surface area contributed by atoms with Gasteiger partial charge in [0.1, 0.15) is 5.60 Å². The van der Waals surface area contributed by atoms with Crippen molar-refractivity contribution in [2.75, 3.05) is 0 Å². The molecule has 0 amide bonds. The maximum atomic E-state index is 9.54. The maximum absolute atomic E-state index is 9.54. The Morgan fingerprint density at radius 2 is 1.59 bits per heavy atom. The van der Waals surface area contributed by atoms with Gasteiger partial charge in [0.05, 0.1) is 6.07 Å². The van der Waals surface area contributed by atoms with Crippen LogP contribution in [0.1, 0.15) is 44.9 Å². The first-order valence-electron chi connectivity index (χ1n) is 7.06. The molecule has 2 rings (SSSR count). The lowest BCUT2D eigenvalue weighted by Crippen LogP contribution is -2.40. The topological polar surface area (TPSA) is 33.0 Å². The summed E-state index contributed by atoms with van der Waals surface area (Å²) in [6, 6.07) is 2.52. The second kappa shape index (κ2) is 4.74. The van der Waals surface area contributed by atoms with Crippen LogP contribution in [0.15, 0.2) is 0 Å². The molecule has 2 aliphatic carbocycles. The van der Waals surface area contributed by atoms with E-state index in [2.05, 4.69) is 25.7 Å². The van der Waals surface area contributed by atoms with Crippen LogP contribution in [0.4, 0.5) is 0 Å². The first kappa shape index (κ1) is 13.1.